The van der Waals surface area contributed by atoms with E-state index in [0.29, 0.717) is 30.8 Å². The van der Waals surface area contributed by atoms with E-state index in [1.54, 1.807) is 16.9 Å². The number of nitrogens with one attached hydrogen (secondary N) is 1. The zero-order valence-electron chi connectivity index (χ0n) is 13.6. The third kappa shape index (κ3) is 3.21. The molecule has 7 heteroatoms. The monoisotopic (exact) mass is 342 g/mol. The lowest BCUT2D eigenvalue weighted by Crippen LogP contribution is -2.28. The van der Waals surface area contributed by atoms with E-state index in [0.717, 1.165) is 16.7 Å². The molecule has 0 fully saturated rings. The van der Waals surface area contributed by atoms with Gasteiger partial charge in [-0.15, -0.1) is 0 Å². The molecule has 0 atom stereocenters. The van der Waals surface area contributed by atoms with Crippen LogP contribution in [0.5, 0.6) is 0 Å². The van der Waals surface area contributed by atoms with Crippen molar-refractivity contribution in [3.8, 4) is 0 Å². The number of hydrogen-bond acceptors (Lipinski definition) is 5. The Balaban J connectivity index is 1.68. The van der Waals surface area contributed by atoms with Crippen LogP contribution in [-0.4, -0.2) is 26.4 Å². The summed E-state index contributed by atoms with van der Waals surface area (Å²) in [7, 11) is 0. The number of fused-ring (bicyclic) bond motifs is 1. The Morgan fingerprint density at radius 2 is 2.04 bits per heavy atom. The van der Waals surface area contributed by atoms with Crippen LogP contribution >= 0.6 is 11.5 Å². The summed E-state index contributed by atoms with van der Waals surface area (Å²) >= 11 is 1.27. The van der Waals surface area contributed by atoms with E-state index in [2.05, 4.69) is 14.7 Å². The van der Waals surface area contributed by atoms with Crippen LogP contribution in [0.4, 0.5) is 0 Å². The number of rotatable bonds is 5. The highest BCUT2D eigenvalue weighted by molar-refractivity contribution is 7.03. The summed E-state index contributed by atoms with van der Waals surface area (Å²) in [6, 6.07) is 7.58. The minimum absolute atomic E-state index is 0.0853. The van der Waals surface area contributed by atoms with Crippen molar-refractivity contribution in [3.05, 3.63) is 57.0 Å². The molecule has 0 aliphatic heterocycles. The fourth-order valence-electron chi connectivity index (χ4n) is 2.59. The first-order valence-corrected chi connectivity index (χ1v) is 8.57. The highest BCUT2D eigenvalue weighted by atomic mass is 32.1. The highest BCUT2D eigenvalue weighted by Gasteiger charge is 2.11. The minimum atomic E-state index is -0.121. The average molecular weight is 342 g/mol. The second-order valence-electron chi connectivity index (χ2n) is 5.57. The minimum Gasteiger partial charge on any atom is -0.352 e. The van der Waals surface area contributed by atoms with Crippen molar-refractivity contribution in [2.75, 3.05) is 6.54 Å². The van der Waals surface area contributed by atoms with Crippen molar-refractivity contribution >= 4 is 28.5 Å². The molecule has 24 heavy (non-hydrogen) atoms. The summed E-state index contributed by atoms with van der Waals surface area (Å²) in [5.41, 5.74) is 3.37. The lowest BCUT2D eigenvalue weighted by molar-refractivity contribution is 0.0952. The first-order chi connectivity index (χ1) is 11.6. The van der Waals surface area contributed by atoms with E-state index in [1.165, 1.54) is 11.5 Å². The standard InChI is InChI=1S/C17H18N4O2S/c1-11-13(10-24-20-11)16(22)18-8-5-9-21-15-7-4-3-6-14(15)19-12(2)17(21)23/h3-4,6-7,10H,5,8-9H2,1-2H3,(H,18,22). The Morgan fingerprint density at radius 1 is 1.25 bits per heavy atom. The van der Waals surface area contributed by atoms with Gasteiger partial charge in [-0.05, 0) is 43.9 Å². The topological polar surface area (TPSA) is 76.9 Å². The van der Waals surface area contributed by atoms with E-state index in [4.69, 9.17) is 0 Å². The Labute approximate surface area is 143 Å². The summed E-state index contributed by atoms with van der Waals surface area (Å²) in [6.45, 7) is 4.57. The molecule has 6 nitrogen and oxygen atoms in total. The van der Waals surface area contributed by atoms with Crippen molar-refractivity contribution in [3.63, 3.8) is 0 Å². The number of para-hydroxylation sites is 2. The van der Waals surface area contributed by atoms with Gasteiger partial charge in [0.05, 0.1) is 22.3 Å². The molecule has 0 bridgehead atoms. The summed E-state index contributed by atoms with van der Waals surface area (Å²) in [6.07, 6.45) is 0.662. The maximum absolute atomic E-state index is 12.3. The van der Waals surface area contributed by atoms with Crippen LogP contribution in [0.25, 0.3) is 11.0 Å². The van der Waals surface area contributed by atoms with Crippen LogP contribution in [0, 0.1) is 13.8 Å². The third-order valence-electron chi connectivity index (χ3n) is 3.85. The second kappa shape index (κ2) is 6.92. The molecule has 3 aromatic rings. The van der Waals surface area contributed by atoms with Crippen LogP contribution in [0.3, 0.4) is 0 Å². The van der Waals surface area contributed by atoms with Crippen LogP contribution in [-0.2, 0) is 6.54 Å². The van der Waals surface area contributed by atoms with Crippen LogP contribution in [0.1, 0.15) is 28.2 Å². The number of nitrogens with zero attached hydrogens (tertiary/aromatic N) is 3. The van der Waals surface area contributed by atoms with Gasteiger partial charge in [0.2, 0.25) is 0 Å². The van der Waals surface area contributed by atoms with Crippen molar-refractivity contribution in [2.24, 2.45) is 0 Å². The van der Waals surface area contributed by atoms with Gasteiger partial charge in [0.25, 0.3) is 11.5 Å². The number of aryl methyl sites for hydroxylation is 3. The molecular weight excluding hydrogens is 324 g/mol. The maximum atomic E-state index is 12.3. The van der Waals surface area contributed by atoms with E-state index in [1.807, 2.05) is 31.2 Å². The van der Waals surface area contributed by atoms with E-state index < -0.39 is 0 Å². The van der Waals surface area contributed by atoms with Crippen molar-refractivity contribution < 1.29 is 4.79 Å². The number of carbonyl (C=O) groups is 1. The molecule has 1 aromatic carbocycles. The molecule has 1 amide bonds. The SMILES string of the molecule is Cc1nscc1C(=O)NCCCn1c(=O)c(C)nc2ccccc21. The van der Waals surface area contributed by atoms with Crippen molar-refractivity contribution in [1.82, 2.24) is 19.2 Å². The number of benzene rings is 1. The van der Waals surface area contributed by atoms with Gasteiger partial charge in [0, 0.05) is 18.5 Å². The van der Waals surface area contributed by atoms with Crippen molar-refractivity contribution in [1.29, 1.82) is 0 Å². The summed E-state index contributed by atoms with van der Waals surface area (Å²) in [5.74, 6) is -0.121. The van der Waals surface area contributed by atoms with Gasteiger partial charge < -0.3 is 9.88 Å². The molecular formula is C17H18N4O2S. The van der Waals surface area contributed by atoms with Crippen molar-refractivity contribution in [2.45, 2.75) is 26.8 Å². The van der Waals surface area contributed by atoms with Gasteiger partial charge in [0.1, 0.15) is 5.69 Å². The lowest BCUT2D eigenvalue weighted by Gasteiger charge is -2.11. The molecule has 1 N–H and O–H groups in total. The Hall–Kier alpha value is -2.54. The van der Waals surface area contributed by atoms with E-state index >= 15 is 0 Å². The van der Waals surface area contributed by atoms with Gasteiger partial charge in [0.15, 0.2) is 0 Å². The van der Waals surface area contributed by atoms with Crippen LogP contribution in [0.15, 0.2) is 34.4 Å². The van der Waals surface area contributed by atoms with Crippen LogP contribution < -0.4 is 10.9 Å². The number of aromatic nitrogens is 3. The Morgan fingerprint density at radius 3 is 2.79 bits per heavy atom. The third-order valence-corrected chi connectivity index (χ3v) is 4.57. The Bertz CT molecular complexity index is 945. The van der Waals surface area contributed by atoms with Crippen LogP contribution in [0.2, 0.25) is 0 Å². The fourth-order valence-corrected chi connectivity index (χ4v) is 3.28. The zero-order valence-corrected chi connectivity index (χ0v) is 14.4. The molecule has 2 aromatic heterocycles. The number of amides is 1. The molecule has 0 aliphatic carbocycles. The number of hydrogen-bond donors (Lipinski definition) is 1. The summed E-state index contributed by atoms with van der Waals surface area (Å²) < 4.78 is 5.82. The lowest BCUT2D eigenvalue weighted by atomic mass is 10.2. The van der Waals surface area contributed by atoms with Gasteiger partial charge in [-0.2, -0.15) is 4.37 Å². The smallest absolute Gasteiger partial charge is 0.272 e. The molecule has 0 saturated heterocycles. The molecule has 0 aliphatic rings. The molecule has 0 spiro atoms. The predicted octanol–water partition coefficient (Wildman–Crippen LogP) is 2.29. The first-order valence-electron chi connectivity index (χ1n) is 7.73. The molecule has 0 unspecified atom stereocenters. The second-order valence-corrected chi connectivity index (χ2v) is 6.19. The molecule has 0 radical (unpaired) electrons. The highest BCUT2D eigenvalue weighted by Crippen LogP contribution is 2.11. The molecule has 124 valence electrons. The predicted molar refractivity (Wildman–Crippen MR) is 94.5 cm³/mol. The van der Waals surface area contributed by atoms with Gasteiger partial charge in [-0.1, -0.05) is 12.1 Å². The first kappa shape index (κ1) is 16.3. The zero-order chi connectivity index (χ0) is 17.1. The molecule has 0 saturated carbocycles. The molecule has 3 rings (SSSR count). The van der Waals surface area contributed by atoms with Gasteiger partial charge in [-0.3, -0.25) is 9.59 Å². The Kier molecular flexibility index (Phi) is 4.71. The maximum Gasteiger partial charge on any atom is 0.272 e. The normalized spacial score (nSPS) is 10.9. The fraction of sp³-hybridized carbons (Fsp3) is 0.294. The molecule has 2 heterocycles. The quantitative estimate of drug-likeness (QED) is 0.722. The average Bonchev–Trinajstić information content (AvgIpc) is 3.00. The largest absolute Gasteiger partial charge is 0.352 e. The number of carbonyl (C=O) groups excluding carboxylic acids is 1. The van der Waals surface area contributed by atoms with Gasteiger partial charge in [-0.25, -0.2) is 4.98 Å². The summed E-state index contributed by atoms with van der Waals surface area (Å²) in [5, 5.41) is 4.62. The van der Waals surface area contributed by atoms with E-state index in [-0.39, 0.29) is 11.5 Å². The summed E-state index contributed by atoms with van der Waals surface area (Å²) in [4.78, 5) is 28.7. The van der Waals surface area contributed by atoms with Gasteiger partial charge >= 0.3 is 0 Å². The van der Waals surface area contributed by atoms with E-state index in [9.17, 15) is 9.59 Å².